The van der Waals surface area contributed by atoms with E-state index in [1.54, 1.807) is 12.3 Å². The summed E-state index contributed by atoms with van der Waals surface area (Å²) in [6.45, 7) is 2.97. The highest BCUT2D eigenvalue weighted by molar-refractivity contribution is 5.60. The van der Waals surface area contributed by atoms with Crippen molar-refractivity contribution in [2.45, 2.75) is 45.4 Å². The lowest BCUT2D eigenvalue weighted by Crippen LogP contribution is -1.97. The van der Waals surface area contributed by atoms with Crippen LogP contribution in [0.15, 0.2) is 42.6 Å². The Morgan fingerprint density at radius 1 is 0.955 bits per heavy atom. The number of ether oxygens (including phenoxy) is 1. The second-order valence-corrected chi connectivity index (χ2v) is 5.47. The fourth-order valence-corrected chi connectivity index (χ4v) is 2.38. The van der Waals surface area contributed by atoms with Gasteiger partial charge in [-0.15, -0.1) is 0 Å². The molecule has 0 saturated heterocycles. The normalized spacial score (nSPS) is 10.6. The number of unbranched alkanes of at least 4 members (excludes halogenated alkanes) is 5. The molecule has 0 N–H and O–H groups in total. The quantitative estimate of drug-likeness (QED) is 0.560. The minimum atomic E-state index is -0.303. The third-order valence-corrected chi connectivity index (χ3v) is 3.65. The van der Waals surface area contributed by atoms with E-state index in [1.807, 2.05) is 24.3 Å². The molecule has 22 heavy (non-hydrogen) atoms. The van der Waals surface area contributed by atoms with Gasteiger partial charge in [0.25, 0.3) is 0 Å². The first kappa shape index (κ1) is 16.5. The summed E-state index contributed by atoms with van der Waals surface area (Å²) < 4.78 is 19.4. The maximum absolute atomic E-state index is 13.7. The number of nitrogens with zero attached hydrogens (tertiary/aromatic N) is 1. The molecule has 118 valence electrons. The fourth-order valence-electron chi connectivity index (χ4n) is 2.38. The van der Waals surface area contributed by atoms with Crippen LogP contribution in [-0.4, -0.2) is 11.6 Å². The van der Waals surface area contributed by atoms with E-state index in [9.17, 15) is 4.39 Å². The molecule has 0 saturated carbocycles. The van der Waals surface area contributed by atoms with Gasteiger partial charge < -0.3 is 4.74 Å². The number of pyridine rings is 1. The van der Waals surface area contributed by atoms with Crippen molar-refractivity contribution in [2.24, 2.45) is 0 Å². The maximum atomic E-state index is 13.7. The summed E-state index contributed by atoms with van der Waals surface area (Å²) in [5, 5.41) is 0. The third kappa shape index (κ3) is 5.14. The average Bonchev–Trinajstić information content (AvgIpc) is 2.55. The van der Waals surface area contributed by atoms with Crippen molar-refractivity contribution in [1.29, 1.82) is 0 Å². The zero-order valence-corrected chi connectivity index (χ0v) is 13.2. The molecule has 0 fully saturated rings. The summed E-state index contributed by atoms with van der Waals surface area (Å²) in [5.74, 6) is 0.525. The molecular formula is C19H24FNO. The number of aromatic nitrogens is 1. The minimum absolute atomic E-state index is 0.303. The van der Waals surface area contributed by atoms with Gasteiger partial charge in [-0.3, -0.25) is 4.98 Å². The molecule has 1 heterocycles. The van der Waals surface area contributed by atoms with Crippen molar-refractivity contribution in [3.05, 3.63) is 48.4 Å². The van der Waals surface area contributed by atoms with Gasteiger partial charge in [0.15, 0.2) is 0 Å². The second-order valence-electron chi connectivity index (χ2n) is 5.47. The Balaban J connectivity index is 1.77. The van der Waals surface area contributed by atoms with Crippen molar-refractivity contribution in [1.82, 2.24) is 4.98 Å². The predicted molar refractivity (Wildman–Crippen MR) is 88.5 cm³/mol. The standard InChI is InChI=1S/C19H24FNO/c1-2-3-4-5-6-7-15-22-17-12-10-16(11-13-17)19-18(20)9-8-14-21-19/h8-14H,2-7,15H2,1H3. The SMILES string of the molecule is CCCCCCCCOc1ccc(-c2ncccc2F)cc1. The van der Waals surface area contributed by atoms with Crippen molar-refractivity contribution in [3.8, 4) is 17.0 Å². The average molecular weight is 301 g/mol. The van der Waals surface area contributed by atoms with E-state index < -0.39 is 0 Å². The van der Waals surface area contributed by atoms with Crippen LogP contribution >= 0.6 is 0 Å². The van der Waals surface area contributed by atoms with Crippen LogP contribution in [0.1, 0.15) is 45.4 Å². The highest BCUT2D eigenvalue weighted by Crippen LogP contribution is 2.22. The Morgan fingerprint density at radius 2 is 1.68 bits per heavy atom. The summed E-state index contributed by atoms with van der Waals surface area (Å²) in [6, 6.07) is 10.5. The largest absolute Gasteiger partial charge is 0.494 e. The zero-order valence-electron chi connectivity index (χ0n) is 13.2. The molecule has 2 rings (SSSR count). The van der Waals surface area contributed by atoms with Crippen LogP contribution in [0, 0.1) is 5.82 Å². The van der Waals surface area contributed by atoms with Gasteiger partial charge >= 0.3 is 0 Å². The first-order chi connectivity index (χ1) is 10.8. The lowest BCUT2D eigenvalue weighted by molar-refractivity contribution is 0.304. The van der Waals surface area contributed by atoms with Crippen molar-refractivity contribution in [3.63, 3.8) is 0 Å². The predicted octanol–water partition coefficient (Wildman–Crippen LogP) is 5.63. The molecule has 0 bridgehead atoms. The molecule has 0 aliphatic heterocycles. The molecule has 1 aromatic carbocycles. The molecule has 0 amide bonds. The Hall–Kier alpha value is -1.90. The van der Waals surface area contributed by atoms with Crippen molar-refractivity contribution in [2.75, 3.05) is 6.61 Å². The van der Waals surface area contributed by atoms with Gasteiger partial charge in [0.1, 0.15) is 17.3 Å². The molecule has 0 spiro atoms. The topological polar surface area (TPSA) is 22.1 Å². The van der Waals surface area contributed by atoms with E-state index >= 15 is 0 Å². The van der Waals surface area contributed by atoms with Crippen LogP contribution in [0.4, 0.5) is 4.39 Å². The number of benzene rings is 1. The van der Waals surface area contributed by atoms with Crippen molar-refractivity contribution < 1.29 is 9.13 Å². The van der Waals surface area contributed by atoms with Crippen LogP contribution in [-0.2, 0) is 0 Å². The number of hydrogen-bond donors (Lipinski definition) is 0. The number of halogens is 1. The summed E-state index contributed by atoms with van der Waals surface area (Å²) in [5.41, 5.74) is 1.15. The smallest absolute Gasteiger partial charge is 0.149 e. The van der Waals surface area contributed by atoms with Crippen LogP contribution < -0.4 is 4.74 Å². The minimum Gasteiger partial charge on any atom is -0.494 e. The maximum Gasteiger partial charge on any atom is 0.149 e. The lowest BCUT2D eigenvalue weighted by atomic mass is 10.1. The Labute approximate surface area is 132 Å². The number of rotatable bonds is 9. The molecular weight excluding hydrogens is 277 g/mol. The highest BCUT2D eigenvalue weighted by atomic mass is 19.1. The molecule has 0 atom stereocenters. The molecule has 2 aromatic rings. The summed E-state index contributed by atoms with van der Waals surface area (Å²) >= 11 is 0. The lowest BCUT2D eigenvalue weighted by Gasteiger charge is -2.07. The van der Waals surface area contributed by atoms with E-state index in [-0.39, 0.29) is 5.82 Å². The van der Waals surface area contributed by atoms with Crippen LogP contribution in [0.2, 0.25) is 0 Å². The van der Waals surface area contributed by atoms with Crippen molar-refractivity contribution >= 4 is 0 Å². The van der Waals surface area contributed by atoms with Gasteiger partial charge in [-0.05, 0) is 42.8 Å². The first-order valence-electron chi connectivity index (χ1n) is 8.15. The second kappa shape index (κ2) is 9.19. The van der Waals surface area contributed by atoms with E-state index in [0.717, 1.165) is 24.3 Å². The molecule has 1 aromatic heterocycles. The summed E-state index contributed by atoms with van der Waals surface area (Å²) in [6.07, 6.45) is 9.11. The molecule has 0 aliphatic carbocycles. The Bertz CT molecular complexity index is 554. The molecule has 0 unspecified atom stereocenters. The van der Waals surface area contributed by atoms with E-state index in [4.69, 9.17) is 4.74 Å². The van der Waals surface area contributed by atoms with E-state index in [1.165, 1.54) is 38.2 Å². The van der Waals surface area contributed by atoms with Crippen LogP contribution in [0.25, 0.3) is 11.3 Å². The third-order valence-electron chi connectivity index (χ3n) is 3.65. The van der Waals surface area contributed by atoms with Gasteiger partial charge in [-0.1, -0.05) is 39.0 Å². The van der Waals surface area contributed by atoms with E-state index in [0.29, 0.717) is 5.69 Å². The fraction of sp³-hybridized carbons (Fsp3) is 0.421. The monoisotopic (exact) mass is 301 g/mol. The van der Waals surface area contributed by atoms with Gasteiger partial charge in [0.2, 0.25) is 0 Å². The molecule has 0 radical (unpaired) electrons. The van der Waals surface area contributed by atoms with Crippen LogP contribution in [0.3, 0.4) is 0 Å². The Morgan fingerprint density at radius 3 is 2.41 bits per heavy atom. The van der Waals surface area contributed by atoms with Crippen LogP contribution in [0.5, 0.6) is 5.75 Å². The van der Waals surface area contributed by atoms with Gasteiger partial charge in [0, 0.05) is 11.8 Å². The highest BCUT2D eigenvalue weighted by Gasteiger charge is 2.05. The van der Waals surface area contributed by atoms with E-state index in [2.05, 4.69) is 11.9 Å². The van der Waals surface area contributed by atoms with Gasteiger partial charge in [0.05, 0.1) is 6.61 Å². The zero-order chi connectivity index (χ0) is 15.6. The summed E-state index contributed by atoms with van der Waals surface area (Å²) in [4.78, 5) is 4.07. The first-order valence-corrected chi connectivity index (χ1v) is 8.15. The Kier molecular flexibility index (Phi) is 6.88. The molecule has 0 aliphatic rings. The molecule has 2 nitrogen and oxygen atoms in total. The summed E-state index contributed by atoms with van der Waals surface area (Å²) in [7, 11) is 0. The van der Waals surface area contributed by atoms with Gasteiger partial charge in [-0.2, -0.15) is 0 Å². The van der Waals surface area contributed by atoms with Gasteiger partial charge in [-0.25, -0.2) is 4.39 Å². The number of hydrogen-bond acceptors (Lipinski definition) is 2. The molecule has 3 heteroatoms.